The van der Waals surface area contributed by atoms with Crippen molar-refractivity contribution in [3.63, 3.8) is 0 Å². The van der Waals surface area contributed by atoms with Crippen LogP contribution >= 0.6 is 0 Å². The number of methoxy groups -OCH3 is 1. The normalized spacial score (nSPS) is 27.6. The molecule has 0 spiro atoms. The molecule has 0 aliphatic carbocycles. The van der Waals surface area contributed by atoms with Crippen LogP contribution in [-0.4, -0.2) is 54.9 Å². The van der Waals surface area contributed by atoms with Gasteiger partial charge in [-0.2, -0.15) is 0 Å². The number of aliphatic hydroxyl groups is 1. The van der Waals surface area contributed by atoms with Gasteiger partial charge in [0.05, 0.1) is 25.4 Å². The van der Waals surface area contributed by atoms with Crippen LogP contribution in [0.5, 0.6) is 0 Å². The molecule has 7 heteroatoms. The number of anilines is 1. The summed E-state index contributed by atoms with van der Waals surface area (Å²) in [5.41, 5.74) is 3.53. The summed E-state index contributed by atoms with van der Waals surface area (Å²) < 4.78 is 18.6. The van der Waals surface area contributed by atoms with Crippen LogP contribution in [0.3, 0.4) is 0 Å². The first-order valence-corrected chi connectivity index (χ1v) is 12.1. The van der Waals surface area contributed by atoms with E-state index in [0.29, 0.717) is 6.04 Å². The molecule has 2 aliphatic heterocycles. The van der Waals surface area contributed by atoms with Gasteiger partial charge in [0, 0.05) is 43.8 Å². The predicted octanol–water partition coefficient (Wildman–Crippen LogP) is 4.04. The van der Waals surface area contributed by atoms with Gasteiger partial charge in [0.15, 0.2) is 6.29 Å². The van der Waals surface area contributed by atoms with Gasteiger partial charge >= 0.3 is 0 Å². The van der Waals surface area contributed by atoms with E-state index in [9.17, 15) is 9.90 Å². The molecule has 5 atom stereocenters. The summed E-state index contributed by atoms with van der Waals surface area (Å²) in [4.78, 5) is 14.0. The standard InChI is InChI=1S/C27H36N2O5/c1-18-25(15-29-13-5-8-24(29)17-32-3)33-27(22-6-4-7-23(14-22)28-19(2)31)34-26(18)21-11-9-20(16-30)10-12-21/h4,6-7,9-12,14,18,24-27,30H,5,8,13,15-17H2,1-3H3,(H,28,31). The van der Waals surface area contributed by atoms with Crippen molar-refractivity contribution in [3.8, 4) is 0 Å². The Morgan fingerprint density at radius 1 is 1.18 bits per heavy atom. The molecule has 2 aromatic rings. The molecule has 2 aliphatic rings. The first kappa shape index (κ1) is 24.8. The van der Waals surface area contributed by atoms with E-state index >= 15 is 0 Å². The minimum atomic E-state index is -0.555. The van der Waals surface area contributed by atoms with Crippen LogP contribution in [0.25, 0.3) is 0 Å². The Labute approximate surface area is 202 Å². The highest BCUT2D eigenvalue weighted by atomic mass is 16.7. The van der Waals surface area contributed by atoms with Crippen molar-refractivity contribution >= 4 is 11.6 Å². The van der Waals surface area contributed by atoms with Crippen molar-refractivity contribution in [2.75, 3.05) is 32.1 Å². The number of ether oxygens (including phenoxy) is 3. The van der Waals surface area contributed by atoms with E-state index in [-0.39, 0.29) is 30.6 Å². The number of benzene rings is 2. The number of likely N-dealkylation sites (tertiary alicyclic amines) is 1. The smallest absolute Gasteiger partial charge is 0.221 e. The average Bonchev–Trinajstić information content (AvgIpc) is 3.27. The number of carbonyl (C=O) groups excluding carboxylic acids is 1. The minimum absolute atomic E-state index is 0.0154. The highest BCUT2D eigenvalue weighted by Crippen LogP contribution is 2.42. The van der Waals surface area contributed by atoms with Crippen LogP contribution in [0.1, 0.15) is 55.8 Å². The van der Waals surface area contributed by atoms with E-state index in [0.717, 1.165) is 48.5 Å². The molecular formula is C27H36N2O5. The molecule has 2 N–H and O–H groups in total. The Morgan fingerprint density at radius 2 is 1.97 bits per heavy atom. The zero-order valence-electron chi connectivity index (χ0n) is 20.3. The lowest BCUT2D eigenvalue weighted by atomic mass is 9.90. The molecule has 0 aromatic heterocycles. The first-order valence-electron chi connectivity index (χ1n) is 12.1. The molecule has 0 saturated carbocycles. The first-order chi connectivity index (χ1) is 16.5. The molecule has 1 amide bonds. The third-order valence-electron chi connectivity index (χ3n) is 6.88. The van der Waals surface area contributed by atoms with Gasteiger partial charge in [0.25, 0.3) is 0 Å². The molecule has 4 rings (SSSR count). The second kappa shape index (κ2) is 11.4. The largest absolute Gasteiger partial charge is 0.392 e. The fourth-order valence-corrected chi connectivity index (χ4v) is 5.04. The maximum atomic E-state index is 11.6. The molecule has 2 heterocycles. The maximum Gasteiger partial charge on any atom is 0.221 e. The maximum absolute atomic E-state index is 11.6. The SMILES string of the molecule is COCC1CCCN1CC1OC(c2cccc(NC(C)=O)c2)OC(c2ccc(CO)cc2)C1C. The topological polar surface area (TPSA) is 80.3 Å². The molecule has 0 bridgehead atoms. The summed E-state index contributed by atoms with van der Waals surface area (Å²) >= 11 is 0. The lowest BCUT2D eigenvalue weighted by Gasteiger charge is -2.43. The molecule has 34 heavy (non-hydrogen) atoms. The summed E-state index contributed by atoms with van der Waals surface area (Å²) in [5.74, 6) is 0.00717. The van der Waals surface area contributed by atoms with Crippen LogP contribution in [0.15, 0.2) is 48.5 Å². The zero-order chi connectivity index (χ0) is 24.1. The van der Waals surface area contributed by atoms with Crippen LogP contribution in [0.2, 0.25) is 0 Å². The molecule has 184 valence electrons. The van der Waals surface area contributed by atoms with Gasteiger partial charge in [-0.3, -0.25) is 9.69 Å². The van der Waals surface area contributed by atoms with Crippen molar-refractivity contribution in [2.24, 2.45) is 5.92 Å². The molecular weight excluding hydrogens is 432 g/mol. The molecule has 2 fully saturated rings. The van der Waals surface area contributed by atoms with E-state index in [1.165, 1.54) is 13.3 Å². The van der Waals surface area contributed by atoms with E-state index in [1.54, 1.807) is 7.11 Å². The van der Waals surface area contributed by atoms with Crippen molar-refractivity contribution < 1.29 is 24.1 Å². The van der Waals surface area contributed by atoms with Gasteiger partial charge in [-0.05, 0) is 42.6 Å². The second-order valence-corrected chi connectivity index (χ2v) is 9.37. The summed E-state index contributed by atoms with van der Waals surface area (Å²) in [7, 11) is 1.76. The molecule has 2 saturated heterocycles. The third-order valence-corrected chi connectivity index (χ3v) is 6.88. The number of hydrogen-bond donors (Lipinski definition) is 2. The summed E-state index contributed by atoms with van der Waals surface area (Å²) in [6.07, 6.45) is 1.55. The predicted molar refractivity (Wildman–Crippen MR) is 130 cm³/mol. The Kier molecular flexibility index (Phi) is 8.34. The highest BCUT2D eigenvalue weighted by Gasteiger charge is 2.40. The zero-order valence-corrected chi connectivity index (χ0v) is 20.3. The van der Waals surface area contributed by atoms with E-state index < -0.39 is 6.29 Å². The van der Waals surface area contributed by atoms with Crippen molar-refractivity contribution in [1.82, 2.24) is 4.90 Å². The second-order valence-electron chi connectivity index (χ2n) is 9.37. The Bertz CT molecular complexity index is 950. The van der Waals surface area contributed by atoms with Crippen molar-refractivity contribution in [1.29, 1.82) is 0 Å². The molecule has 2 aromatic carbocycles. The van der Waals surface area contributed by atoms with Gasteiger partial charge in [-0.15, -0.1) is 0 Å². The number of aliphatic hydroxyl groups excluding tert-OH is 1. The fraction of sp³-hybridized carbons (Fsp3) is 0.519. The Balaban J connectivity index is 1.60. The van der Waals surface area contributed by atoms with Crippen LogP contribution in [-0.2, 0) is 25.6 Å². The minimum Gasteiger partial charge on any atom is -0.392 e. The number of nitrogens with zero attached hydrogens (tertiary/aromatic N) is 1. The lowest BCUT2D eigenvalue weighted by molar-refractivity contribution is -0.276. The number of amides is 1. The molecule has 0 radical (unpaired) electrons. The average molecular weight is 469 g/mol. The number of rotatable bonds is 8. The Hall–Kier alpha value is -2.29. The van der Waals surface area contributed by atoms with Gasteiger partial charge in [0.2, 0.25) is 5.91 Å². The van der Waals surface area contributed by atoms with Gasteiger partial charge < -0.3 is 24.6 Å². The summed E-state index contributed by atoms with van der Waals surface area (Å²) in [6, 6.07) is 16.0. The van der Waals surface area contributed by atoms with Crippen LogP contribution in [0, 0.1) is 5.92 Å². The number of nitrogens with one attached hydrogen (secondary N) is 1. The van der Waals surface area contributed by atoms with E-state index in [2.05, 4.69) is 17.1 Å². The Morgan fingerprint density at radius 3 is 2.68 bits per heavy atom. The van der Waals surface area contributed by atoms with Crippen molar-refractivity contribution in [3.05, 3.63) is 65.2 Å². The van der Waals surface area contributed by atoms with E-state index in [1.807, 2.05) is 48.5 Å². The summed E-state index contributed by atoms with van der Waals surface area (Å²) in [5, 5.41) is 12.3. The van der Waals surface area contributed by atoms with E-state index in [4.69, 9.17) is 14.2 Å². The molecule has 5 unspecified atom stereocenters. The highest BCUT2D eigenvalue weighted by molar-refractivity contribution is 5.88. The van der Waals surface area contributed by atoms with Crippen molar-refractivity contribution in [2.45, 2.75) is 57.8 Å². The van der Waals surface area contributed by atoms with Gasteiger partial charge in [-0.25, -0.2) is 0 Å². The third kappa shape index (κ3) is 5.85. The fourth-order valence-electron chi connectivity index (χ4n) is 5.04. The lowest BCUT2D eigenvalue weighted by Crippen LogP contribution is -2.46. The monoisotopic (exact) mass is 468 g/mol. The summed E-state index contributed by atoms with van der Waals surface area (Å²) in [6.45, 7) is 6.27. The number of carbonyl (C=O) groups is 1. The van der Waals surface area contributed by atoms with Crippen LogP contribution in [0.4, 0.5) is 5.69 Å². The molecule has 7 nitrogen and oxygen atoms in total. The van der Waals surface area contributed by atoms with Crippen LogP contribution < -0.4 is 5.32 Å². The number of hydrogen-bond acceptors (Lipinski definition) is 6. The quantitative estimate of drug-likeness (QED) is 0.609. The van der Waals surface area contributed by atoms with Gasteiger partial charge in [-0.1, -0.05) is 43.3 Å². The van der Waals surface area contributed by atoms with Gasteiger partial charge in [0.1, 0.15) is 0 Å².